The normalized spacial score (nSPS) is 24.8. The molecule has 1 saturated heterocycles. The smallest absolute Gasteiger partial charge is 0.223 e. The lowest BCUT2D eigenvalue weighted by atomic mass is 9.97. The zero-order valence-corrected chi connectivity index (χ0v) is 8.76. The highest BCUT2D eigenvalue weighted by Gasteiger charge is 2.21. The minimum atomic E-state index is 0.126. The Morgan fingerprint density at radius 3 is 2.62 bits per heavy atom. The third kappa shape index (κ3) is 2.99. The first-order valence-electron chi connectivity index (χ1n) is 5.12. The molecule has 13 heavy (non-hydrogen) atoms. The van der Waals surface area contributed by atoms with Crippen LogP contribution in [0.5, 0.6) is 0 Å². The molecule has 2 atom stereocenters. The number of hydrogen-bond acceptors (Lipinski definition) is 2. The maximum absolute atomic E-state index is 11.6. The van der Waals surface area contributed by atoms with Crippen LogP contribution >= 0.6 is 0 Å². The first-order chi connectivity index (χ1) is 6.11. The van der Waals surface area contributed by atoms with Crippen LogP contribution in [0.2, 0.25) is 0 Å². The monoisotopic (exact) mass is 184 g/mol. The summed E-state index contributed by atoms with van der Waals surface area (Å²) in [5, 5.41) is 6.29. The number of rotatable bonds is 3. The molecule has 1 amide bonds. The zero-order valence-electron chi connectivity index (χ0n) is 8.76. The van der Waals surface area contributed by atoms with Crippen molar-refractivity contribution in [2.24, 2.45) is 11.8 Å². The first kappa shape index (κ1) is 10.5. The summed E-state index contributed by atoms with van der Waals surface area (Å²) in [6, 6.07) is 0.355. The first-order valence-corrected chi connectivity index (χ1v) is 5.12. The van der Waals surface area contributed by atoms with E-state index in [2.05, 4.69) is 24.5 Å². The highest BCUT2D eigenvalue weighted by Crippen LogP contribution is 2.10. The van der Waals surface area contributed by atoms with Gasteiger partial charge in [-0.15, -0.1) is 0 Å². The number of carbonyl (C=O) groups is 1. The van der Waals surface area contributed by atoms with Crippen molar-refractivity contribution >= 4 is 5.91 Å². The molecule has 0 saturated carbocycles. The molecule has 1 aliphatic heterocycles. The van der Waals surface area contributed by atoms with Gasteiger partial charge in [-0.3, -0.25) is 4.79 Å². The summed E-state index contributed by atoms with van der Waals surface area (Å²) in [7, 11) is 0. The van der Waals surface area contributed by atoms with Gasteiger partial charge in [-0.05, 0) is 18.9 Å². The Morgan fingerprint density at radius 1 is 1.46 bits per heavy atom. The Hall–Kier alpha value is -0.570. The Labute approximate surface area is 80.3 Å². The van der Waals surface area contributed by atoms with E-state index in [1.807, 2.05) is 6.92 Å². The van der Waals surface area contributed by atoms with E-state index in [-0.39, 0.29) is 11.8 Å². The lowest BCUT2D eigenvalue weighted by Crippen LogP contribution is -2.40. The van der Waals surface area contributed by atoms with Crippen LogP contribution in [0.4, 0.5) is 0 Å². The van der Waals surface area contributed by atoms with Crippen LogP contribution in [0.3, 0.4) is 0 Å². The predicted molar refractivity (Wildman–Crippen MR) is 53.4 cm³/mol. The van der Waals surface area contributed by atoms with E-state index in [1.54, 1.807) is 0 Å². The Morgan fingerprint density at radius 2 is 2.15 bits per heavy atom. The van der Waals surface area contributed by atoms with E-state index in [4.69, 9.17) is 0 Å². The molecule has 3 nitrogen and oxygen atoms in total. The molecular formula is C10H20N2O. The van der Waals surface area contributed by atoms with Gasteiger partial charge in [-0.25, -0.2) is 0 Å². The van der Waals surface area contributed by atoms with Gasteiger partial charge in [-0.1, -0.05) is 20.8 Å². The number of carbonyl (C=O) groups excluding carboxylic acids is 1. The van der Waals surface area contributed by atoms with Gasteiger partial charge in [0.15, 0.2) is 0 Å². The Bertz CT molecular complexity index is 174. The number of amides is 1. The highest BCUT2D eigenvalue weighted by molar-refractivity contribution is 5.78. The predicted octanol–water partition coefficient (Wildman–Crippen LogP) is 0.757. The summed E-state index contributed by atoms with van der Waals surface area (Å²) in [5.41, 5.74) is 0. The van der Waals surface area contributed by atoms with E-state index in [9.17, 15) is 4.79 Å². The summed E-state index contributed by atoms with van der Waals surface area (Å²) in [4.78, 5) is 11.6. The molecule has 1 heterocycles. The summed E-state index contributed by atoms with van der Waals surface area (Å²) in [6.07, 6.45) is 1.07. The minimum absolute atomic E-state index is 0.126. The van der Waals surface area contributed by atoms with Crippen LogP contribution in [-0.4, -0.2) is 25.0 Å². The topological polar surface area (TPSA) is 41.1 Å². The SMILES string of the molecule is CC(C)C(C)C(=O)NC1CCNC1. The van der Waals surface area contributed by atoms with Crippen LogP contribution in [0, 0.1) is 11.8 Å². The molecule has 2 unspecified atom stereocenters. The summed E-state index contributed by atoms with van der Waals surface area (Å²) in [5.74, 6) is 0.749. The van der Waals surface area contributed by atoms with Crippen molar-refractivity contribution in [3.05, 3.63) is 0 Å². The van der Waals surface area contributed by atoms with Crippen LogP contribution in [0.15, 0.2) is 0 Å². The van der Waals surface area contributed by atoms with Crippen molar-refractivity contribution in [1.29, 1.82) is 0 Å². The van der Waals surface area contributed by atoms with Gasteiger partial charge < -0.3 is 10.6 Å². The molecule has 0 aromatic carbocycles. The van der Waals surface area contributed by atoms with Crippen molar-refractivity contribution in [3.8, 4) is 0 Å². The van der Waals surface area contributed by atoms with Crippen molar-refractivity contribution in [1.82, 2.24) is 10.6 Å². The van der Waals surface area contributed by atoms with Crippen LogP contribution < -0.4 is 10.6 Å². The Kier molecular flexibility index (Phi) is 3.72. The van der Waals surface area contributed by atoms with E-state index in [0.717, 1.165) is 19.5 Å². The molecule has 0 aromatic rings. The number of hydrogen-bond donors (Lipinski definition) is 2. The molecule has 0 aromatic heterocycles. The van der Waals surface area contributed by atoms with Gasteiger partial charge in [0.1, 0.15) is 0 Å². The van der Waals surface area contributed by atoms with Gasteiger partial charge in [-0.2, -0.15) is 0 Å². The van der Waals surface area contributed by atoms with Crippen molar-refractivity contribution in [2.45, 2.75) is 33.2 Å². The summed E-state index contributed by atoms with van der Waals surface area (Å²) < 4.78 is 0. The highest BCUT2D eigenvalue weighted by atomic mass is 16.1. The van der Waals surface area contributed by atoms with Gasteiger partial charge in [0.25, 0.3) is 0 Å². The second kappa shape index (κ2) is 4.61. The molecule has 1 fully saturated rings. The fourth-order valence-corrected chi connectivity index (χ4v) is 1.41. The lowest BCUT2D eigenvalue weighted by Gasteiger charge is -2.18. The van der Waals surface area contributed by atoms with Crippen molar-refractivity contribution in [3.63, 3.8) is 0 Å². The van der Waals surface area contributed by atoms with Crippen LogP contribution in [-0.2, 0) is 4.79 Å². The molecule has 3 heteroatoms. The largest absolute Gasteiger partial charge is 0.352 e. The second-order valence-corrected chi connectivity index (χ2v) is 4.23. The minimum Gasteiger partial charge on any atom is -0.352 e. The van der Waals surface area contributed by atoms with Crippen molar-refractivity contribution in [2.75, 3.05) is 13.1 Å². The molecule has 2 N–H and O–H groups in total. The number of nitrogens with one attached hydrogen (secondary N) is 2. The van der Waals surface area contributed by atoms with Crippen molar-refractivity contribution < 1.29 is 4.79 Å². The molecule has 0 aliphatic carbocycles. The zero-order chi connectivity index (χ0) is 9.84. The maximum Gasteiger partial charge on any atom is 0.223 e. The third-order valence-corrected chi connectivity index (χ3v) is 2.82. The molecule has 0 radical (unpaired) electrons. The average Bonchev–Trinajstić information content (AvgIpc) is 2.55. The quantitative estimate of drug-likeness (QED) is 0.680. The molecule has 1 aliphatic rings. The molecular weight excluding hydrogens is 164 g/mol. The van der Waals surface area contributed by atoms with E-state index in [0.29, 0.717) is 12.0 Å². The fourth-order valence-electron chi connectivity index (χ4n) is 1.41. The standard InChI is InChI=1S/C10H20N2O/c1-7(2)8(3)10(13)12-9-4-5-11-6-9/h7-9,11H,4-6H2,1-3H3,(H,12,13). The van der Waals surface area contributed by atoms with Gasteiger partial charge in [0.05, 0.1) is 0 Å². The average molecular weight is 184 g/mol. The lowest BCUT2D eigenvalue weighted by molar-refractivity contribution is -0.126. The molecule has 0 spiro atoms. The second-order valence-electron chi connectivity index (χ2n) is 4.23. The van der Waals surface area contributed by atoms with E-state index in [1.165, 1.54) is 0 Å². The summed E-state index contributed by atoms with van der Waals surface area (Å²) >= 11 is 0. The van der Waals surface area contributed by atoms with Crippen LogP contribution in [0.1, 0.15) is 27.2 Å². The van der Waals surface area contributed by atoms with E-state index >= 15 is 0 Å². The van der Waals surface area contributed by atoms with E-state index < -0.39 is 0 Å². The van der Waals surface area contributed by atoms with Gasteiger partial charge >= 0.3 is 0 Å². The fraction of sp³-hybridized carbons (Fsp3) is 0.900. The third-order valence-electron chi connectivity index (χ3n) is 2.82. The van der Waals surface area contributed by atoms with Crippen LogP contribution in [0.25, 0.3) is 0 Å². The Balaban J connectivity index is 2.31. The molecule has 76 valence electrons. The summed E-state index contributed by atoms with van der Waals surface area (Å²) in [6.45, 7) is 8.11. The molecule has 0 bridgehead atoms. The maximum atomic E-state index is 11.6. The molecule has 1 rings (SSSR count). The van der Waals surface area contributed by atoms with Gasteiger partial charge in [0, 0.05) is 18.5 Å². The van der Waals surface area contributed by atoms with Gasteiger partial charge in [0.2, 0.25) is 5.91 Å².